The van der Waals surface area contributed by atoms with Crippen LogP contribution in [0.1, 0.15) is 6.42 Å². The molecule has 0 spiro atoms. The smallest absolute Gasteiger partial charge is 0.229 e. The van der Waals surface area contributed by atoms with Crippen LogP contribution in [-0.2, 0) is 14.3 Å². The Hall–Kier alpha value is -1.11. The van der Waals surface area contributed by atoms with Crippen LogP contribution in [0.5, 0.6) is 5.75 Å². The first-order chi connectivity index (χ1) is 8.62. The van der Waals surface area contributed by atoms with Gasteiger partial charge in [0.2, 0.25) is 5.91 Å². The van der Waals surface area contributed by atoms with E-state index in [2.05, 4.69) is 21.2 Å². The monoisotopic (exact) mass is 317 g/mol. The zero-order valence-electron chi connectivity index (χ0n) is 10.5. The lowest BCUT2D eigenvalue weighted by atomic mass is 10.3. The Morgan fingerprint density at radius 2 is 2.00 bits per heavy atom. The van der Waals surface area contributed by atoms with E-state index in [1.165, 1.54) is 14.2 Å². The molecule has 5 nitrogen and oxygen atoms in total. The SMILES string of the molecule is COc1cccc(NC(=O)CC(OC)OC)c1Br. The number of rotatable bonds is 6. The molecule has 1 aromatic rings. The van der Waals surface area contributed by atoms with E-state index in [-0.39, 0.29) is 12.3 Å². The predicted molar refractivity (Wildman–Crippen MR) is 71.7 cm³/mol. The molecule has 1 N–H and O–H groups in total. The number of ether oxygens (including phenoxy) is 3. The molecule has 0 heterocycles. The van der Waals surface area contributed by atoms with Crippen molar-refractivity contribution in [2.75, 3.05) is 26.6 Å². The lowest BCUT2D eigenvalue weighted by Gasteiger charge is -2.14. The lowest BCUT2D eigenvalue weighted by Crippen LogP contribution is -2.23. The van der Waals surface area contributed by atoms with E-state index in [0.717, 1.165) is 0 Å². The van der Waals surface area contributed by atoms with Crippen molar-refractivity contribution in [1.29, 1.82) is 0 Å². The van der Waals surface area contributed by atoms with Crippen molar-refractivity contribution in [3.05, 3.63) is 22.7 Å². The average Bonchev–Trinajstić information content (AvgIpc) is 2.38. The number of methoxy groups -OCH3 is 3. The average molecular weight is 318 g/mol. The molecule has 0 radical (unpaired) electrons. The first-order valence-electron chi connectivity index (χ1n) is 5.30. The number of amides is 1. The van der Waals surface area contributed by atoms with Gasteiger partial charge >= 0.3 is 0 Å². The van der Waals surface area contributed by atoms with Crippen molar-refractivity contribution in [3.8, 4) is 5.75 Å². The van der Waals surface area contributed by atoms with Gasteiger partial charge in [-0.15, -0.1) is 0 Å². The highest BCUT2D eigenvalue weighted by Crippen LogP contribution is 2.32. The summed E-state index contributed by atoms with van der Waals surface area (Å²) < 4.78 is 15.8. The summed E-state index contributed by atoms with van der Waals surface area (Å²) in [5.74, 6) is 0.459. The Morgan fingerprint density at radius 3 is 2.56 bits per heavy atom. The van der Waals surface area contributed by atoms with E-state index >= 15 is 0 Å². The molecule has 1 aromatic carbocycles. The maximum absolute atomic E-state index is 11.8. The van der Waals surface area contributed by atoms with Crippen molar-refractivity contribution < 1.29 is 19.0 Å². The van der Waals surface area contributed by atoms with Gasteiger partial charge in [0, 0.05) is 14.2 Å². The number of carbonyl (C=O) groups is 1. The van der Waals surface area contributed by atoms with E-state index < -0.39 is 6.29 Å². The second kappa shape index (κ2) is 7.35. The van der Waals surface area contributed by atoms with Gasteiger partial charge in [-0.1, -0.05) is 6.07 Å². The maximum atomic E-state index is 11.8. The molecule has 0 saturated heterocycles. The molecular weight excluding hydrogens is 302 g/mol. The van der Waals surface area contributed by atoms with E-state index in [9.17, 15) is 4.79 Å². The van der Waals surface area contributed by atoms with Crippen LogP contribution in [0.15, 0.2) is 22.7 Å². The second-order valence-corrected chi connectivity index (χ2v) is 4.27. The summed E-state index contributed by atoms with van der Waals surface area (Å²) in [7, 11) is 4.55. The molecule has 0 atom stereocenters. The minimum absolute atomic E-state index is 0.122. The van der Waals surface area contributed by atoms with Crippen molar-refractivity contribution >= 4 is 27.5 Å². The highest BCUT2D eigenvalue weighted by atomic mass is 79.9. The van der Waals surface area contributed by atoms with Gasteiger partial charge in [0.05, 0.1) is 23.7 Å². The van der Waals surface area contributed by atoms with E-state index in [1.54, 1.807) is 25.3 Å². The fourth-order valence-electron chi connectivity index (χ4n) is 1.38. The van der Waals surface area contributed by atoms with Crippen LogP contribution in [0.3, 0.4) is 0 Å². The van der Waals surface area contributed by atoms with Crippen molar-refractivity contribution in [3.63, 3.8) is 0 Å². The minimum atomic E-state index is -0.547. The fraction of sp³-hybridized carbons (Fsp3) is 0.417. The molecule has 0 bridgehead atoms. The number of benzene rings is 1. The van der Waals surface area contributed by atoms with Gasteiger partial charge in [0.25, 0.3) is 0 Å². The van der Waals surface area contributed by atoms with Crippen LogP contribution in [0.2, 0.25) is 0 Å². The number of carbonyl (C=O) groups excluding carboxylic acids is 1. The quantitative estimate of drug-likeness (QED) is 0.819. The Kier molecular flexibility index (Phi) is 6.11. The fourth-order valence-corrected chi connectivity index (χ4v) is 1.91. The third-order valence-corrected chi connectivity index (χ3v) is 3.15. The number of halogens is 1. The topological polar surface area (TPSA) is 56.8 Å². The zero-order chi connectivity index (χ0) is 13.5. The third kappa shape index (κ3) is 3.97. The van der Waals surface area contributed by atoms with Crippen LogP contribution < -0.4 is 10.1 Å². The molecule has 0 aliphatic heterocycles. The molecule has 0 saturated carbocycles. The van der Waals surface area contributed by atoms with Gasteiger partial charge in [-0.05, 0) is 28.1 Å². The van der Waals surface area contributed by atoms with Gasteiger partial charge in [-0.3, -0.25) is 4.79 Å². The summed E-state index contributed by atoms with van der Waals surface area (Å²) in [4.78, 5) is 11.8. The Balaban J connectivity index is 2.70. The highest BCUT2D eigenvalue weighted by Gasteiger charge is 2.14. The molecule has 100 valence electrons. The normalized spacial score (nSPS) is 10.5. The molecule has 1 amide bonds. The van der Waals surface area contributed by atoms with Crippen molar-refractivity contribution in [2.45, 2.75) is 12.7 Å². The predicted octanol–water partition coefficient (Wildman–Crippen LogP) is 2.41. The molecule has 0 unspecified atom stereocenters. The summed E-state index contributed by atoms with van der Waals surface area (Å²) in [5, 5.41) is 2.76. The largest absolute Gasteiger partial charge is 0.495 e. The van der Waals surface area contributed by atoms with Gasteiger partial charge in [0.1, 0.15) is 5.75 Å². The summed E-state index contributed by atoms with van der Waals surface area (Å²) in [6.45, 7) is 0. The molecule has 1 rings (SSSR count). The molecule has 0 fully saturated rings. The molecule has 0 aliphatic rings. The summed E-state index contributed by atoms with van der Waals surface area (Å²) in [6, 6.07) is 5.37. The van der Waals surface area contributed by atoms with Crippen molar-refractivity contribution in [1.82, 2.24) is 0 Å². The molecule has 0 aliphatic carbocycles. The maximum Gasteiger partial charge on any atom is 0.229 e. The first kappa shape index (κ1) is 14.9. The molecule has 6 heteroatoms. The van der Waals surface area contributed by atoms with E-state index in [1.807, 2.05) is 0 Å². The van der Waals surface area contributed by atoms with Gasteiger partial charge in [-0.25, -0.2) is 0 Å². The first-order valence-corrected chi connectivity index (χ1v) is 6.09. The van der Waals surface area contributed by atoms with Gasteiger partial charge in [0.15, 0.2) is 6.29 Å². The highest BCUT2D eigenvalue weighted by molar-refractivity contribution is 9.10. The van der Waals surface area contributed by atoms with Crippen molar-refractivity contribution in [2.24, 2.45) is 0 Å². The van der Waals surface area contributed by atoms with Crippen LogP contribution in [-0.4, -0.2) is 33.5 Å². The molecule has 18 heavy (non-hydrogen) atoms. The number of hydrogen-bond donors (Lipinski definition) is 1. The zero-order valence-corrected chi connectivity index (χ0v) is 12.1. The van der Waals surface area contributed by atoms with Gasteiger partial charge < -0.3 is 19.5 Å². The minimum Gasteiger partial charge on any atom is -0.495 e. The standard InChI is InChI=1S/C12H16BrNO4/c1-16-9-6-4-5-8(12(9)13)14-10(15)7-11(17-2)18-3/h4-6,11H,7H2,1-3H3,(H,14,15). The molecule has 0 aromatic heterocycles. The summed E-state index contributed by atoms with van der Waals surface area (Å²) in [5.41, 5.74) is 0.644. The number of nitrogens with one attached hydrogen (secondary N) is 1. The van der Waals surface area contributed by atoms with Crippen LogP contribution in [0, 0.1) is 0 Å². The van der Waals surface area contributed by atoms with Crippen LogP contribution >= 0.6 is 15.9 Å². The Bertz CT molecular complexity index is 407. The van der Waals surface area contributed by atoms with E-state index in [0.29, 0.717) is 15.9 Å². The number of hydrogen-bond acceptors (Lipinski definition) is 4. The van der Waals surface area contributed by atoms with E-state index in [4.69, 9.17) is 14.2 Å². The lowest BCUT2D eigenvalue weighted by molar-refractivity contribution is -0.134. The third-order valence-electron chi connectivity index (χ3n) is 2.34. The summed E-state index contributed by atoms with van der Waals surface area (Å²) in [6.07, 6.45) is -0.425. The Labute approximate surface area is 115 Å². The van der Waals surface area contributed by atoms with Gasteiger partial charge in [-0.2, -0.15) is 0 Å². The number of anilines is 1. The summed E-state index contributed by atoms with van der Waals surface area (Å²) >= 11 is 3.37. The van der Waals surface area contributed by atoms with Crippen LogP contribution in [0.25, 0.3) is 0 Å². The molecular formula is C12H16BrNO4. The van der Waals surface area contributed by atoms with Crippen LogP contribution in [0.4, 0.5) is 5.69 Å². The Morgan fingerprint density at radius 1 is 1.33 bits per heavy atom. The second-order valence-electron chi connectivity index (χ2n) is 3.48.